The highest BCUT2D eigenvalue weighted by Crippen LogP contribution is 2.25. The fourth-order valence-electron chi connectivity index (χ4n) is 2.22. The first kappa shape index (κ1) is 20.5. The zero-order valence-corrected chi connectivity index (χ0v) is 16.5. The molecule has 0 aliphatic carbocycles. The molecule has 2 aromatic rings. The summed E-state index contributed by atoms with van der Waals surface area (Å²) in [5, 5.41) is 2.91. The molecular formula is C17H18Cl2N2O4S. The lowest BCUT2D eigenvalue weighted by Gasteiger charge is -2.16. The Bertz CT molecular complexity index is 903. The second kappa shape index (κ2) is 8.73. The molecule has 0 saturated carbocycles. The molecule has 0 saturated heterocycles. The number of ether oxygens (including phenoxy) is 1. The van der Waals surface area contributed by atoms with Crippen molar-refractivity contribution >= 4 is 39.1 Å². The van der Waals surface area contributed by atoms with Crippen molar-refractivity contribution in [1.82, 2.24) is 10.0 Å². The van der Waals surface area contributed by atoms with Crippen molar-refractivity contribution in [3.63, 3.8) is 0 Å². The van der Waals surface area contributed by atoms with Crippen molar-refractivity contribution in [2.45, 2.75) is 24.4 Å². The lowest BCUT2D eigenvalue weighted by molar-refractivity contribution is -0.122. The summed E-state index contributed by atoms with van der Waals surface area (Å²) in [4.78, 5) is 12.1. The van der Waals surface area contributed by atoms with E-state index in [4.69, 9.17) is 27.9 Å². The number of sulfonamides is 1. The largest absolute Gasteiger partial charge is 0.496 e. The molecule has 0 aliphatic heterocycles. The molecule has 9 heteroatoms. The average molecular weight is 417 g/mol. The van der Waals surface area contributed by atoms with E-state index in [1.165, 1.54) is 32.2 Å². The number of hydrogen-bond donors (Lipinski definition) is 2. The number of halogens is 2. The summed E-state index contributed by atoms with van der Waals surface area (Å²) in [6.45, 7) is 1.64. The fourth-order valence-corrected chi connectivity index (χ4v) is 4.18. The summed E-state index contributed by atoms with van der Waals surface area (Å²) < 4.78 is 32.4. The van der Waals surface area contributed by atoms with E-state index in [2.05, 4.69) is 10.0 Å². The van der Waals surface area contributed by atoms with Crippen LogP contribution in [0.25, 0.3) is 0 Å². The summed E-state index contributed by atoms with van der Waals surface area (Å²) in [7, 11) is -2.47. The number of nitrogens with one attached hydrogen (secondary N) is 2. The van der Waals surface area contributed by atoms with Crippen LogP contribution in [0.15, 0.2) is 47.4 Å². The van der Waals surface area contributed by atoms with Crippen molar-refractivity contribution in [3.05, 3.63) is 58.1 Å². The van der Waals surface area contributed by atoms with Crippen LogP contribution in [0.5, 0.6) is 5.75 Å². The molecule has 0 spiro atoms. The van der Waals surface area contributed by atoms with Gasteiger partial charge in [0.05, 0.1) is 18.2 Å². The highest BCUT2D eigenvalue weighted by atomic mass is 35.5. The first-order chi connectivity index (χ1) is 12.2. The minimum absolute atomic E-state index is 0.0172. The Hall–Kier alpha value is -1.80. The van der Waals surface area contributed by atoms with Gasteiger partial charge in [-0.1, -0.05) is 41.4 Å². The molecule has 6 nitrogen and oxygen atoms in total. The lowest BCUT2D eigenvalue weighted by Crippen LogP contribution is -2.44. The van der Waals surface area contributed by atoms with Crippen LogP contribution in [0.2, 0.25) is 10.0 Å². The van der Waals surface area contributed by atoms with Gasteiger partial charge in [0, 0.05) is 17.1 Å². The minimum atomic E-state index is -4.01. The monoisotopic (exact) mass is 416 g/mol. The quantitative estimate of drug-likeness (QED) is 0.726. The maximum Gasteiger partial charge on any atom is 0.242 e. The highest BCUT2D eigenvalue weighted by Gasteiger charge is 2.24. The number of amides is 1. The van der Waals surface area contributed by atoms with Gasteiger partial charge in [-0.3, -0.25) is 4.79 Å². The summed E-state index contributed by atoms with van der Waals surface area (Å²) >= 11 is 11.8. The van der Waals surface area contributed by atoms with Gasteiger partial charge >= 0.3 is 0 Å². The SMILES string of the molecule is COc1ccccc1CNC(=O)[C@@H](C)NS(=O)(=O)c1cc(Cl)ccc1Cl. The summed E-state index contributed by atoms with van der Waals surface area (Å²) in [5.74, 6) is 0.143. The van der Waals surface area contributed by atoms with Crippen LogP contribution in [0, 0.1) is 0 Å². The van der Waals surface area contributed by atoms with E-state index in [0.717, 1.165) is 5.56 Å². The Morgan fingerprint density at radius 3 is 2.58 bits per heavy atom. The first-order valence-corrected chi connectivity index (χ1v) is 9.85. The maximum absolute atomic E-state index is 12.4. The van der Waals surface area contributed by atoms with Gasteiger partial charge in [0.1, 0.15) is 10.6 Å². The van der Waals surface area contributed by atoms with Gasteiger partial charge < -0.3 is 10.1 Å². The Morgan fingerprint density at radius 2 is 1.88 bits per heavy atom. The van der Waals surface area contributed by atoms with Gasteiger partial charge in [0.25, 0.3) is 0 Å². The Kier molecular flexibility index (Phi) is 6.88. The van der Waals surface area contributed by atoms with E-state index in [1.807, 2.05) is 12.1 Å². The second-order valence-corrected chi connectivity index (χ2v) is 7.97. The number of carbonyl (C=O) groups is 1. The molecule has 1 atom stereocenters. The third kappa shape index (κ3) is 5.11. The topological polar surface area (TPSA) is 84.5 Å². The number of methoxy groups -OCH3 is 1. The summed E-state index contributed by atoms with van der Waals surface area (Å²) in [6.07, 6.45) is 0. The zero-order valence-electron chi connectivity index (χ0n) is 14.1. The molecule has 1 amide bonds. The van der Waals surface area contributed by atoms with Crippen LogP contribution in [0.3, 0.4) is 0 Å². The molecule has 0 fully saturated rings. The van der Waals surface area contributed by atoms with Crippen LogP contribution < -0.4 is 14.8 Å². The van der Waals surface area contributed by atoms with Gasteiger partial charge in [-0.25, -0.2) is 8.42 Å². The predicted molar refractivity (Wildman–Crippen MR) is 101 cm³/mol. The second-order valence-electron chi connectivity index (χ2n) is 5.45. The molecule has 0 radical (unpaired) electrons. The van der Waals surface area contributed by atoms with Crippen LogP contribution >= 0.6 is 23.2 Å². The van der Waals surface area contributed by atoms with Crippen molar-refractivity contribution in [1.29, 1.82) is 0 Å². The first-order valence-electron chi connectivity index (χ1n) is 7.61. The van der Waals surface area contributed by atoms with E-state index in [1.54, 1.807) is 12.1 Å². The van der Waals surface area contributed by atoms with Crippen LogP contribution in [0.4, 0.5) is 0 Å². The van der Waals surface area contributed by atoms with E-state index in [-0.39, 0.29) is 21.5 Å². The fraction of sp³-hybridized carbons (Fsp3) is 0.235. The van der Waals surface area contributed by atoms with Crippen LogP contribution in [0.1, 0.15) is 12.5 Å². The lowest BCUT2D eigenvalue weighted by atomic mass is 10.2. The Labute approximate surface area is 162 Å². The van der Waals surface area contributed by atoms with Gasteiger partial charge in [0.2, 0.25) is 15.9 Å². The molecule has 140 valence electrons. The molecule has 0 heterocycles. The van der Waals surface area contributed by atoms with Crippen molar-refractivity contribution in [3.8, 4) is 5.75 Å². The molecule has 0 bridgehead atoms. The molecule has 26 heavy (non-hydrogen) atoms. The predicted octanol–water partition coefficient (Wildman–Crippen LogP) is 2.99. The van der Waals surface area contributed by atoms with Gasteiger partial charge in [0.15, 0.2) is 0 Å². The standard InChI is InChI=1S/C17H18Cl2N2O4S/c1-11(17(22)20-10-12-5-3-4-6-15(12)25-2)21-26(23,24)16-9-13(18)7-8-14(16)19/h3-9,11,21H,10H2,1-2H3,(H,20,22)/t11-/m1/s1. The van der Waals surface area contributed by atoms with Gasteiger partial charge in [-0.15, -0.1) is 0 Å². The Morgan fingerprint density at radius 1 is 1.19 bits per heavy atom. The van der Waals surface area contributed by atoms with Gasteiger partial charge in [-0.05, 0) is 31.2 Å². The number of carbonyl (C=O) groups excluding carboxylic acids is 1. The van der Waals surface area contributed by atoms with E-state index in [9.17, 15) is 13.2 Å². The minimum Gasteiger partial charge on any atom is -0.496 e. The van der Waals surface area contributed by atoms with Gasteiger partial charge in [-0.2, -0.15) is 4.72 Å². The maximum atomic E-state index is 12.4. The third-order valence-electron chi connectivity index (χ3n) is 3.55. The average Bonchev–Trinajstić information content (AvgIpc) is 2.61. The van der Waals surface area contributed by atoms with E-state index < -0.39 is 22.0 Å². The highest BCUT2D eigenvalue weighted by molar-refractivity contribution is 7.89. The van der Waals surface area contributed by atoms with Crippen LogP contribution in [-0.4, -0.2) is 27.5 Å². The summed E-state index contributed by atoms with van der Waals surface area (Å²) in [6, 6.07) is 10.3. The number of rotatable bonds is 7. The number of benzene rings is 2. The molecule has 2 N–H and O–H groups in total. The third-order valence-corrected chi connectivity index (χ3v) is 5.81. The van der Waals surface area contributed by atoms with E-state index >= 15 is 0 Å². The van der Waals surface area contributed by atoms with Crippen molar-refractivity contribution < 1.29 is 17.9 Å². The summed E-state index contributed by atoms with van der Waals surface area (Å²) in [5.41, 5.74) is 0.774. The molecule has 2 aromatic carbocycles. The van der Waals surface area contributed by atoms with Crippen molar-refractivity contribution in [2.75, 3.05) is 7.11 Å². The smallest absolute Gasteiger partial charge is 0.242 e. The van der Waals surface area contributed by atoms with Crippen LogP contribution in [-0.2, 0) is 21.4 Å². The van der Waals surface area contributed by atoms with E-state index in [0.29, 0.717) is 5.75 Å². The zero-order chi connectivity index (χ0) is 19.3. The molecule has 0 unspecified atom stereocenters. The normalized spacial score (nSPS) is 12.5. The molecule has 0 aliphatic rings. The van der Waals surface area contributed by atoms with Crippen molar-refractivity contribution in [2.24, 2.45) is 0 Å². The molecular weight excluding hydrogens is 399 g/mol. The number of hydrogen-bond acceptors (Lipinski definition) is 4. The Balaban J connectivity index is 2.05. The molecule has 0 aromatic heterocycles. The number of para-hydroxylation sites is 1. The molecule has 2 rings (SSSR count).